The van der Waals surface area contributed by atoms with E-state index in [0.717, 1.165) is 16.7 Å². The zero-order valence-corrected chi connectivity index (χ0v) is 21.3. The Bertz CT molecular complexity index is 1360. The minimum atomic E-state index is -0.559. The summed E-state index contributed by atoms with van der Waals surface area (Å²) in [7, 11) is 0. The van der Waals surface area contributed by atoms with Crippen LogP contribution in [0.3, 0.4) is 0 Å². The fourth-order valence-corrected chi connectivity index (χ4v) is 5.50. The first kappa shape index (κ1) is 24.9. The lowest BCUT2D eigenvalue weighted by Crippen LogP contribution is -2.31. The number of aryl methyl sites for hydroxylation is 2. The first-order valence-corrected chi connectivity index (χ1v) is 12.4. The van der Waals surface area contributed by atoms with Crippen LogP contribution in [0.2, 0.25) is 10.0 Å². The van der Waals surface area contributed by atoms with Crippen LogP contribution in [0.15, 0.2) is 77.3 Å². The summed E-state index contributed by atoms with van der Waals surface area (Å²) in [6.45, 7) is 3.78. The number of hydrogen-bond donors (Lipinski definition) is 1. The molecule has 0 aliphatic carbocycles. The predicted octanol–water partition coefficient (Wildman–Crippen LogP) is 6.68. The number of hydrogen-bond acceptors (Lipinski definition) is 4. The molecule has 0 aromatic heterocycles. The van der Waals surface area contributed by atoms with Crippen molar-refractivity contribution in [3.63, 3.8) is 0 Å². The molecule has 5 nitrogen and oxygen atoms in total. The second kappa shape index (κ2) is 10.6. The van der Waals surface area contributed by atoms with E-state index in [9.17, 15) is 14.9 Å². The highest BCUT2D eigenvalue weighted by Crippen LogP contribution is 2.42. The van der Waals surface area contributed by atoms with Crippen molar-refractivity contribution in [2.75, 3.05) is 10.2 Å². The molecule has 1 saturated heterocycles. The van der Waals surface area contributed by atoms with Gasteiger partial charge in [0.25, 0.3) is 5.91 Å². The number of carbonyl (C=O) groups is 2. The molecule has 0 radical (unpaired) electrons. The number of nitrogens with zero attached hydrogens (tertiary/aromatic N) is 2. The third kappa shape index (κ3) is 5.23. The van der Waals surface area contributed by atoms with E-state index in [1.54, 1.807) is 36.4 Å². The van der Waals surface area contributed by atoms with Gasteiger partial charge in [0, 0.05) is 11.4 Å². The van der Waals surface area contributed by atoms with Crippen LogP contribution in [0.5, 0.6) is 0 Å². The molecule has 4 rings (SSSR count). The molecule has 0 unspecified atom stereocenters. The largest absolute Gasteiger partial charge is 0.321 e. The Labute approximate surface area is 218 Å². The monoisotopic (exact) mass is 521 g/mol. The van der Waals surface area contributed by atoms with Crippen LogP contribution in [0.1, 0.15) is 16.7 Å². The van der Waals surface area contributed by atoms with Crippen molar-refractivity contribution in [3.8, 4) is 6.07 Å². The average molecular weight is 522 g/mol. The second-order valence-corrected chi connectivity index (χ2v) is 10.1. The third-order valence-electron chi connectivity index (χ3n) is 5.64. The summed E-state index contributed by atoms with van der Waals surface area (Å²) in [5, 5.41) is 13.5. The number of benzene rings is 3. The molecule has 0 saturated carbocycles. The van der Waals surface area contributed by atoms with Crippen LogP contribution < -0.4 is 10.2 Å². The standard InChI is InChI=1S/C27H21Cl2N3O2S/c1-16-7-6-8-17(2)24(16)31-25(33)20(15-30)27-32(19-9-4-3-5-10-19)26(34)23(35-27)14-18-11-12-21(28)22(29)13-18/h3-13,23H,14H2,1-2H3,(H,31,33)/b27-20-/t23-/m1/s1. The van der Waals surface area contributed by atoms with Crippen LogP contribution >= 0.6 is 35.0 Å². The van der Waals surface area contributed by atoms with Crippen molar-refractivity contribution in [2.24, 2.45) is 0 Å². The lowest BCUT2D eigenvalue weighted by Gasteiger charge is -2.19. The Kier molecular flexibility index (Phi) is 7.51. The molecule has 3 aromatic carbocycles. The molecule has 1 aliphatic rings. The fourth-order valence-electron chi connectivity index (χ4n) is 3.87. The molecule has 1 atom stereocenters. The van der Waals surface area contributed by atoms with Gasteiger partial charge < -0.3 is 5.32 Å². The van der Waals surface area contributed by atoms with Crippen molar-refractivity contribution in [1.29, 1.82) is 5.26 Å². The van der Waals surface area contributed by atoms with Gasteiger partial charge >= 0.3 is 0 Å². The summed E-state index contributed by atoms with van der Waals surface area (Å²) in [4.78, 5) is 28.3. The van der Waals surface area contributed by atoms with Crippen LogP contribution in [0.4, 0.5) is 11.4 Å². The van der Waals surface area contributed by atoms with E-state index in [1.165, 1.54) is 16.7 Å². The Balaban J connectivity index is 1.74. The molecular formula is C27H21Cl2N3O2S. The number of carbonyl (C=O) groups excluding carboxylic acids is 2. The second-order valence-electron chi connectivity index (χ2n) is 8.08. The number of amides is 2. The van der Waals surface area contributed by atoms with Crippen molar-refractivity contribution >= 4 is 58.2 Å². The number of nitrogens with one attached hydrogen (secondary N) is 1. The van der Waals surface area contributed by atoms with E-state index >= 15 is 0 Å². The molecule has 1 aliphatic heterocycles. The summed E-state index contributed by atoms with van der Waals surface area (Å²) in [6.07, 6.45) is 0.366. The highest BCUT2D eigenvalue weighted by atomic mass is 35.5. The third-order valence-corrected chi connectivity index (χ3v) is 7.65. The summed E-state index contributed by atoms with van der Waals surface area (Å²) in [6, 6.07) is 22.0. The van der Waals surface area contributed by atoms with Crippen LogP contribution in [0.25, 0.3) is 0 Å². The predicted molar refractivity (Wildman–Crippen MR) is 143 cm³/mol. The SMILES string of the molecule is Cc1cccc(C)c1NC(=O)/C(C#N)=C1\S[C@H](Cc2ccc(Cl)c(Cl)c2)C(=O)N1c1ccccc1. The van der Waals surface area contributed by atoms with Gasteiger partial charge in [-0.1, -0.05) is 77.4 Å². The van der Waals surface area contributed by atoms with E-state index in [0.29, 0.717) is 32.9 Å². The number of nitriles is 1. The maximum atomic E-state index is 13.6. The Morgan fingerprint density at radius 3 is 2.34 bits per heavy atom. The van der Waals surface area contributed by atoms with Crippen LogP contribution in [0, 0.1) is 25.2 Å². The molecule has 1 heterocycles. The number of thioether (sulfide) groups is 1. The molecule has 176 valence electrons. The summed E-state index contributed by atoms with van der Waals surface area (Å²) in [5.41, 5.74) is 3.72. The Morgan fingerprint density at radius 1 is 1.03 bits per heavy atom. The number of rotatable bonds is 5. The molecule has 1 N–H and O–H groups in total. The first-order chi connectivity index (χ1) is 16.8. The van der Waals surface area contributed by atoms with Gasteiger partial charge in [0.1, 0.15) is 16.7 Å². The molecular weight excluding hydrogens is 501 g/mol. The van der Waals surface area contributed by atoms with Gasteiger partial charge in [0.05, 0.1) is 15.3 Å². The zero-order chi connectivity index (χ0) is 25.1. The molecule has 8 heteroatoms. The number of anilines is 2. The first-order valence-electron chi connectivity index (χ1n) is 10.8. The van der Waals surface area contributed by atoms with Crippen LogP contribution in [-0.4, -0.2) is 17.1 Å². The van der Waals surface area contributed by atoms with Crippen molar-refractivity contribution in [1.82, 2.24) is 0 Å². The van der Waals surface area contributed by atoms with Gasteiger partial charge in [-0.3, -0.25) is 14.5 Å². The van der Waals surface area contributed by atoms with Gasteiger partial charge in [-0.25, -0.2) is 0 Å². The summed E-state index contributed by atoms with van der Waals surface area (Å²) in [5.74, 6) is -0.772. The quantitative estimate of drug-likeness (QED) is 0.300. The van der Waals surface area contributed by atoms with E-state index in [-0.39, 0.29) is 11.5 Å². The highest BCUT2D eigenvalue weighted by molar-refractivity contribution is 8.05. The number of para-hydroxylation sites is 2. The van der Waals surface area contributed by atoms with E-state index < -0.39 is 11.2 Å². The Hall–Kier alpha value is -3.24. The van der Waals surface area contributed by atoms with Crippen molar-refractivity contribution < 1.29 is 9.59 Å². The van der Waals surface area contributed by atoms with E-state index in [2.05, 4.69) is 5.32 Å². The van der Waals surface area contributed by atoms with Crippen LogP contribution in [-0.2, 0) is 16.0 Å². The van der Waals surface area contributed by atoms with Crippen molar-refractivity contribution in [3.05, 3.63) is 104 Å². The Morgan fingerprint density at radius 2 is 1.71 bits per heavy atom. The minimum Gasteiger partial charge on any atom is -0.321 e. The molecule has 2 amide bonds. The molecule has 1 fully saturated rings. The maximum absolute atomic E-state index is 13.6. The van der Waals surface area contributed by atoms with Gasteiger partial charge in [-0.2, -0.15) is 5.26 Å². The fraction of sp³-hybridized carbons (Fsp3) is 0.148. The smallest absolute Gasteiger partial charge is 0.269 e. The topological polar surface area (TPSA) is 73.2 Å². The lowest BCUT2D eigenvalue weighted by atomic mass is 10.1. The maximum Gasteiger partial charge on any atom is 0.269 e. The number of halogens is 2. The highest BCUT2D eigenvalue weighted by Gasteiger charge is 2.40. The van der Waals surface area contributed by atoms with Crippen molar-refractivity contribution in [2.45, 2.75) is 25.5 Å². The zero-order valence-electron chi connectivity index (χ0n) is 19.0. The van der Waals surface area contributed by atoms with Gasteiger partial charge in [0.15, 0.2) is 0 Å². The van der Waals surface area contributed by atoms with E-state index in [4.69, 9.17) is 23.2 Å². The van der Waals surface area contributed by atoms with Gasteiger partial charge in [0.2, 0.25) is 5.91 Å². The average Bonchev–Trinajstić information content (AvgIpc) is 3.15. The molecule has 0 bridgehead atoms. The normalized spacial score (nSPS) is 16.7. The lowest BCUT2D eigenvalue weighted by molar-refractivity contribution is -0.117. The minimum absolute atomic E-state index is 0.119. The molecule has 0 spiro atoms. The molecule has 3 aromatic rings. The van der Waals surface area contributed by atoms with Gasteiger partial charge in [-0.15, -0.1) is 0 Å². The van der Waals surface area contributed by atoms with E-state index in [1.807, 2.05) is 50.2 Å². The molecule has 35 heavy (non-hydrogen) atoms. The summed E-state index contributed by atoms with van der Waals surface area (Å²) < 4.78 is 0. The van der Waals surface area contributed by atoms with Gasteiger partial charge in [-0.05, 0) is 61.2 Å². The summed E-state index contributed by atoms with van der Waals surface area (Å²) >= 11 is 13.4.